The van der Waals surface area contributed by atoms with Gasteiger partial charge in [0, 0.05) is 18.6 Å². The zero-order chi connectivity index (χ0) is 23.8. The minimum absolute atomic E-state index is 0.119. The quantitative estimate of drug-likeness (QED) is 0.408. The molecule has 5 rings (SSSR count). The van der Waals surface area contributed by atoms with Gasteiger partial charge in [0.2, 0.25) is 0 Å². The SMILES string of the molecule is COC(=O)Cc1ccccc1Cn1c(=O)n(C)c2ccc(-c3ccc4ccnc(N)c4c3)cc21. The van der Waals surface area contributed by atoms with Crippen molar-refractivity contribution in [1.82, 2.24) is 14.1 Å². The summed E-state index contributed by atoms with van der Waals surface area (Å²) in [6, 6.07) is 21.6. The van der Waals surface area contributed by atoms with Crippen LogP contribution in [0.5, 0.6) is 0 Å². The highest BCUT2D eigenvalue weighted by Gasteiger charge is 2.15. The molecule has 0 aliphatic carbocycles. The highest BCUT2D eigenvalue weighted by Crippen LogP contribution is 2.29. The number of rotatable bonds is 5. The van der Waals surface area contributed by atoms with Crippen LogP contribution in [0, 0.1) is 0 Å². The molecule has 2 heterocycles. The van der Waals surface area contributed by atoms with Crippen LogP contribution in [0.4, 0.5) is 5.82 Å². The molecule has 0 bridgehead atoms. The van der Waals surface area contributed by atoms with E-state index in [0.29, 0.717) is 12.4 Å². The maximum Gasteiger partial charge on any atom is 0.329 e. The van der Waals surface area contributed by atoms with E-state index in [9.17, 15) is 9.59 Å². The van der Waals surface area contributed by atoms with Gasteiger partial charge in [-0.15, -0.1) is 0 Å². The predicted octanol–water partition coefficient (Wildman–Crippen LogP) is 3.90. The van der Waals surface area contributed by atoms with Gasteiger partial charge < -0.3 is 10.5 Å². The lowest BCUT2D eigenvalue weighted by Crippen LogP contribution is -2.23. The number of nitrogens with two attached hydrogens (primary N) is 1. The van der Waals surface area contributed by atoms with Crippen molar-refractivity contribution in [3.63, 3.8) is 0 Å². The number of aryl methyl sites for hydroxylation is 1. The molecule has 0 saturated heterocycles. The molecule has 0 fully saturated rings. The molecule has 0 spiro atoms. The van der Waals surface area contributed by atoms with E-state index in [-0.39, 0.29) is 18.1 Å². The third-order valence-corrected chi connectivity index (χ3v) is 6.28. The maximum atomic E-state index is 13.2. The van der Waals surface area contributed by atoms with Crippen LogP contribution in [0.2, 0.25) is 0 Å². The number of fused-ring (bicyclic) bond motifs is 2. The van der Waals surface area contributed by atoms with Crippen LogP contribution in [-0.4, -0.2) is 27.2 Å². The zero-order valence-electron chi connectivity index (χ0n) is 19.0. The van der Waals surface area contributed by atoms with Gasteiger partial charge in [0.05, 0.1) is 31.1 Å². The molecule has 0 amide bonds. The number of esters is 1. The topological polar surface area (TPSA) is 92.1 Å². The Morgan fingerprint density at radius 1 is 0.971 bits per heavy atom. The van der Waals surface area contributed by atoms with Crippen molar-refractivity contribution in [2.75, 3.05) is 12.8 Å². The number of benzene rings is 3. The molecule has 0 saturated carbocycles. The molecule has 2 aromatic heterocycles. The predicted molar refractivity (Wildman–Crippen MR) is 134 cm³/mol. The average molecular weight is 453 g/mol. The summed E-state index contributed by atoms with van der Waals surface area (Å²) in [6.07, 6.45) is 1.86. The number of hydrogen-bond donors (Lipinski definition) is 1. The fourth-order valence-electron chi connectivity index (χ4n) is 4.40. The standard InChI is InChI=1S/C27H24N4O3/c1-30-23-10-9-20(19-8-7-17-11-12-29-26(28)22(17)13-19)14-24(23)31(27(30)33)16-21-6-4-3-5-18(21)15-25(32)34-2/h3-14H,15-16H2,1-2H3,(H2,28,29). The first-order valence-corrected chi connectivity index (χ1v) is 10.9. The van der Waals surface area contributed by atoms with E-state index in [0.717, 1.165) is 44.1 Å². The van der Waals surface area contributed by atoms with Crippen LogP contribution >= 0.6 is 0 Å². The summed E-state index contributed by atoms with van der Waals surface area (Å²) in [5, 5.41) is 1.92. The summed E-state index contributed by atoms with van der Waals surface area (Å²) in [5.74, 6) is 0.171. The Morgan fingerprint density at radius 2 is 1.71 bits per heavy atom. The van der Waals surface area contributed by atoms with Crippen molar-refractivity contribution >= 4 is 33.6 Å². The number of ether oxygens (including phenoxy) is 1. The van der Waals surface area contributed by atoms with Crippen molar-refractivity contribution in [3.05, 3.63) is 94.5 Å². The number of carbonyl (C=O) groups is 1. The van der Waals surface area contributed by atoms with Gasteiger partial charge >= 0.3 is 11.7 Å². The van der Waals surface area contributed by atoms with Crippen LogP contribution in [0.15, 0.2) is 77.7 Å². The zero-order valence-corrected chi connectivity index (χ0v) is 19.0. The van der Waals surface area contributed by atoms with E-state index in [1.165, 1.54) is 7.11 Å². The molecule has 0 unspecified atom stereocenters. The fraction of sp³-hybridized carbons (Fsp3) is 0.148. The van der Waals surface area contributed by atoms with Gasteiger partial charge in [0.1, 0.15) is 5.82 Å². The minimum atomic E-state index is -0.315. The van der Waals surface area contributed by atoms with Gasteiger partial charge in [0.25, 0.3) is 0 Å². The average Bonchev–Trinajstić information content (AvgIpc) is 3.09. The van der Waals surface area contributed by atoms with Gasteiger partial charge in [-0.2, -0.15) is 0 Å². The lowest BCUT2D eigenvalue weighted by molar-refractivity contribution is -0.139. The van der Waals surface area contributed by atoms with E-state index in [4.69, 9.17) is 10.5 Å². The van der Waals surface area contributed by atoms with E-state index in [1.807, 2.05) is 66.7 Å². The lowest BCUT2D eigenvalue weighted by Gasteiger charge is -2.11. The van der Waals surface area contributed by atoms with Crippen molar-refractivity contribution in [2.45, 2.75) is 13.0 Å². The van der Waals surface area contributed by atoms with Gasteiger partial charge in [-0.1, -0.05) is 42.5 Å². The monoisotopic (exact) mass is 452 g/mol. The Hall–Kier alpha value is -4.39. The molecule has 0 radical (unpaired) electrons. The number of aromatic nitrogens is 3. The summed E-state index contributed by atoms with van der Waals surface area (Å²) in [6.45, 7) is 0.349. The molecular formula is C27H24N4O3. The second-order valence-electron chi connectivity index (χ2n) is 8.28. The number of nitrogen functional groups attached to an aromatic ring is 1. The Labute approximate surface area is 196 Å². The van der Waals surface area contributed by atoms with Crippen molar-refractivity contribution < 1.29 is 9.53 Å². The first kappa shape index (κ1) is 21.5. The van der Waals surface area contributed by atoms with Gasteiger partial charge in [-0.05, 0) is 51.9 Å². The second kappa shape index (κ2) is 8.51. The largest absolute Gasteiger partial charge is 0.469 e. The molecule has 3 aromatic carbocycles. The van der Waals surface area contributed by atoms with Gasteiger partial charge in [0.15, 0.2) is 0 Å². The van der Waals surface area contributed by atoms with Crippen LogP contribution < -0.4 is 11.4 Å². The number of nitrogens with zero attached hydrogens (tertiary/aromatic N) is 3. The highest BCUT2D eigenvalue weighted by atomic mass is 16.5. The highest BCUT2D eigenvalue weighted by molar-refractivity contribution is 5.95. The van der Waals surface area contributed by atoms with E-state index in [2.05, 4.69) is 4.98 Å². The summed E-state index contributed by atoms with van der Waals surface area (Å²) in [7, 11) is 3.14. The molecule has 7 nitrogen and oxygen atoms in total. The molecular weight excluding hydrogens is 428 g/mol. The second-order valence-corrected chi connectivity index (χ2v) is 8.28. The van der Waals surface area contributed by atoms with Gasteiger partial charge in [-0.25, -0.2) is 9.78 Å². The Balaban J connectivity index is 1.62. The number of imidazole rings is 1. The maximum absolute atomic E-state index is 13.2. The summed E-state index contributed by atoms with van der Waals surface area (Å²) >= 11 is 0. The number of carbonyl (C=O) groups excluding carboxylic acids is 1. The summed E-state index contributed by atoms with van der Waals surface area (Å²) in [4.78, 5) is 29.2. The smallest absolute Gasteiger partial charge is 0.329 e. The summed E-state index contributed by atoms with van der Waals surface area (Å²) < 4.78 is 8.22. The van der Waals surface area contributed by atoms with Crippen molar-refractivity contribution in [1.29, 1.82) is 0 Å². The first-order chi connectivity index (χ1) is 16.5. The van der Waals surface area contributed by atoms with Crippen molar-refractivity contribution in [3.8, 4) is 11.1 Å². The van der Waals surface area contributed by atoms with E-state index in [1.54, 1.807) is 22.4 Å². The van der Waals surface area contributed by atoms with E-state index < -0.39 is 0 Å². The normalized spacial score (nSPS) is 11.2. The van der Waals surface area contributed by atoms with Crippen LogP contribution in [-0.2, 0) is 29.5 Å². The van der Waals surface area contributed by atoms with Crippen LogP contribution in [0.1, 0.15) is 11.1 Å². The molecule has 0 atom stereocenters. The molecule has 2 N–H and O–H groups in total. The molecule has 7 heteroatoms. The number of pyridine rings is 1. The molecule has 34 heavy (non-hydrogen) atoms. The molecule has 170 valence electrons. The number of methoxy groups -OCH3 is 1. The Bertz CT molecular complexity index is 1610. The lowest BCUT2D eigenvalue weighted by atomic mass is 10.0. The van der Waals surface area contributed by atoms with Gasteiger partial charge in [-0.3, -0.25) is 13.9 Å². The first-order valence-electron chi connectivity index (χ1n) is 10.9. The molecule has 0 aliphatic rings. The fourth-order valence-corrected chi connectivity index (χ4v) is 4.40. The van der Waals surface area contributed by atoms with Crippen LogP contribution in [0.3, 0.4) is 0 Å². The third-order valence-electron chi connectivity index (χ3n) is 6.28. The van der Waals surface area contributed by atoms with E-state index >= 15 is 0 Å². The molecule has 5 aromatic rings. The number of anilines is 1. The Morgan fingerprint density at radius 3 is 2.50 bits per heavy atom. The minimum Gasteiger partial charge on any atom is -0.469 e. The molecule has 0 aliphatic heterocycles. The Kier molecular flexibility index (Phi) is 5.37. The van der Waals surface area contributed by atoms with Crippen molar-refractivity contribution in [2.24, 2.45) is 7.05 Å². The third kappa shape index (κ3) is 3.71. The number of hydrogen-bond acceptors (Lipinski definition) is 5. The van der Waals surface area contributed by atoms with Crippen LogP contribution in [0.25, 0.3) is 32.9 Å². The summed E-state index contributed by atoms with van der Waals surface area (Å²) in [5.41, 5.74) is 11.3.